The van der Waals surface area contributed by atoms with E-state index in [9.17, 15) is 4.79 Å². The maximum Gasteiger partial charge on any atom is 0.250 e. The van der Waals surface area contributed by atoms with Crippen molar-refractivity contribution in [2.45, 2.75) is 6.92 Å². The molecule has 0 radical (unpaired) electrons. The summed E-state index contributed by atoms with van der Waals surface area (Å²) in [6.45, 7) is 4.98. The normalized spacial score (nSPS) is 7.71. The number of carbonyl (C=O) groups is 1. The summed E-state index contributed by atoms with van der Waals surface area (Å²) in [6.07, 6.45) is 3.02. The fourth-order valence-electron chi connectivity index (χ4n) is 0.509. The van der Waals surface area contributed by atoms with Gasteiger partial charge in [-0.2, -0.15) is 5.26 Å². The number of pyridine rings is 1. The molecule has 14 heavy (non-hydrogen) atoms. The van der Waals surface area contributed by atoms with Gasteiger partial charge in [0.25, 0.3) is 0 Å². The van der Waals surface area contributed by atoms with Crippen LogP contribution in [0.4, 0.5) is 0 Å². The molecule has 0 bridgehead atoms. The molecule has 1 heterocycles. The van der Waals surface area contributed by atoms with Gasteiger partial charge in [-0.05, 0) is 19.1 Å². The minimum atomic E-state index is -0.442. The average Bonchev–Trinajstić information content (AvgIpc) is 2.20. The highest BCUT2D eigenvalue weighted by Gasteiger charge is 1.94. The van der Waals surface area contributed by atoms with Gasteiger partial charge in [0.05, 0.1) is 11.6 Å². The average molecular weight is 189 g/mol. The lowest BCUT2D eigenvalue weighted by Crippen LogP contribution is -2.10. The molecule has 4 nitrogen and oxygen atoms in total. The molecule has 4 heteroatoms. The Morgan fingerprint density at radius 3 is 2.50 bits per heavy atom. The molecule has 1 amide bonds. The molecule has 0 saturated carbocycles. The number of nitriles is 1. The lowest BCUT2D eigenvalue weighted by atomic mass is 10.3. The van der Waals surface area contributed by atoms with Gasteiger partial charge in [-0.25, -0.2) is 0 Å². The summed E-state index contributed by atoms with van der Waals surface area (Å²) in [7, 11) is 0. The number of carbonyl (C=O) groups excluding carboxylic acids is 1. The number of allylic oxidation sites excluding steroid dienone is 1. The van der Waals surface area contributed by atoms with Crippen LogP contribution < -0.4 is 5.73 Å². The number of nitrogens with two attached hydrogens (primary N) is 1. The van der Waals surface area contributed by atoms with E-state index in [4.69, 9.17) is 11.0 Å². The van der Waals surface area contributed by atoms with Crippen molar-refractivity contribution in [2.24, 2.45) is 5.73 Å². The Morgan fingerprint density at radius 1 is 1.71 bits per heavy atom. The highest BCUT2D eigenvalue weighted by Crippen LogP contribution is 1.91. The first-order valence-electron chi connectivity index (χ1n) is 3.83. The minimum Gasteiger partial charge on any atom is -0.366 e. The van der Waals surface area contributed by atoms with Crippen molar-refractivity contribution in [3.8, 4) is 6.07 Å². The fraction of sp³-hybridized carbons (Fsp3) is 0.100. The Kier molecular flexibility index (Phi) is 5.40. The molecule has 1 rings (SSSR count). The van der Waals surface area contributed by atoms with E-state index in [2.05, 4.69) is 11.6 Å². The highest BCUT2D eigenvalue weighted by molar-refractivity contribution is 5.92. The number of aromatic nitrogens is 1. The van der Waals surface area contributed by atoms with E-state index in [0.717, 1.165) is 0 Å². The van der Waals surface area contributed by atoms with Crippen LogP contribution in [-0.2, 0) is 0 Å². The van der Waals surface area contributed by atoms with Gasteiger partial charge in [0.15, 0.2) is 0 Å². The molecule has 0 aliphatic rings. The monoisotopic (exact) mass is 189 g/mol. The van der Waals surface area contributed by atoms with Gasteiger partial charge >= 0.3 is 0 Å². The number of hydrogen-bond acceptors (Lipinski definition) is 3. The second-order valence-corrected chi connectivity index (χ2v) is 2.50. The molecule has 0 aliphatic carbocycles. The Morgan fingerprint density at radius 2 is 2.29 bits per heavy atom. The van der Waals surface area contributed by atoms with E-state index in [1.807, 2.05) is 6.07 Å². The molecule has 0 spiro atoms. The summed E-state index contributed by atoms with van der Waals surface area (Å²) in [4.78, 5) is 14.1. The van der Waals surface area contributed by atoms with Gasteiger partial charge in [0, 0.05) is 18.0 Å². The Balaban J connectivity index is 0.000000292. The molecular formula is C10H11N3O. The van der Waals surface area contributed by atoms with Crippen LogP contribution in [0.15, 0.2) is 36.7 Å². The molecule has 0 unspecified atom stereocenters. The van der Waals surface area contributed by atoms with E-state index >= 15 is 0 Å². The maximum atomic E-state index is 10.4. The molecule has 72 valence electrons. The lowest BCUT2D eigenvalue weighted by molar-refractivity contribution is 0.1000. The van der Waals surface area contributed by atoms with Crippen LogP contribution in [0, 0.1) is 11.3 Å². The van der Waals surface area contributed by atoms with Crippen molar-refractivity contribution in [1.29, 1.82) is 5.26 Å². The van der Waals surface area contributed by atoms with E-state index < -0.39 is 5.91 Å². The Labute approximate surface area is 82.7 Å². The van der Waals surface area contributed by atoms with E-state index in [0.29, 0.717) is 11.1 Å². The number of amides is 1. The van der Waals surface area contributed by atoms with Gasteiger partial charge in [0.2, 0.25) is 5.91 Å². The second-order valence-electron chi connectivity index (χ2n) is 2.50. The quantitative estimate of drug-likeness (QED) is 0.675. The van der Waals surface area contributed by atoms with Crippen molar-refractivity contribution in [3.63, 3.8) is 0 Å². The largest absolute Gasteiger partial charge is 0.366 e. The zero-order valence-corrected chi connectivity index (χ0v) is 7.90. The third-order valence-corrected chi connectivity index (χ3v) is 1.14. The lowest BCUT2D eigenvalue weighted by Gasteiger charge is -1.88. The van der Waals surface area contributed by atoms with Gasteiger partial charge in [-0.15, -0.1) is 0 Å². The van der Waals surface area contributed by atoms with Gasteiger partial charge in [0.1, 0.15) is 0 Å². The number of hydrogen-bond donors (Lipinski definition) is 1. The summed E-state index contributed by atoms with van der Waals surface area (Å²) in [5.41, 5.74) is 5.94. The maximum absolute atomic E-state index is 10.4. The van der Waals surface area contributed by atoms with Crippen LogP contribution in [0.25, 0.3) is 0 Å². The molecule has 0 saturated heterocycles. The fourth-order valence-corrected chi connectivity index (χ4v) is 0.509. The van der Waals surface area contributed by atoms with Gasteiger partial charge in [-0.3, -0.25) is 9.78 Å². The smallest absolute Gasteiger partial charge is 0.250 e. The van der Waals surface area contributed by atoms with E-state index in [1.54, 1.807) is 25.3 Å². The zero-order valence-electron chi connectivity index (χ0n) is 7.90. The summed E-state index contributed by atoms with van der Waals surface area (Å²) in [5.74, 6) is -0.442. The SMILES string of the molecule is C=C(C)C#N.NC(=O)c1cccnc1. The summed E-state index contributed by atoms with van der Waals surface area (Å²) < 4.78 is 0. The molecule has 0 aliphatic heterocycles. The number of nitrogens with zero attached hydrogens (tertiary/aromatic N) is 2. The Hall–Kier alpha value is -2.15. The van der Waals surface area contributed by atoms with Crippen LogP contribution >= 0.6 is 0 Å². The third kappa shape index (κ3) is 5.49. The van der Waals surface area contributed by atoms with Gasteiger partial charge in [-0.1, -0.05) is 6.58 Å². The molecule has 0 aromatic carbocycles. The van der Waals surface area contributed by atoms with Crippen LogP contribution in [0.3, 0.4) is 0 Å². The summed E-state index contributed by atoms with van der Waals surface area (Å²) in [5, 5.41) is 7.79. The van der Waals surface area contributed by atoms with Crippen molar-refractivity contribution in [2.75, 3.05) is 0 Å². The first kappa shape index (κ1) is 11.8. The number of rotatable bonds is 1. The van der Waals surface area contributed by atoms with E-state index in [-0.39, 0.29) is 0 Å². The van der Waals surface area contributed by atoms with Crippen molar-refractivity contribution < 1.29 is 4.79 Å². The van der Waals surface area contributed by atoms with Crippen molar-refractivity contribution in [3.05, 3.63) is 42.2 Å². The first-order valence-corrected chi connectivity index (χ1v) is 3.83. The Bertz CT molecular complexity index is 351. The van der Waals surface area contributed by atoms with Crippen LogP contribution in [0.2, 0.25) is 0 Å². The first-order chi connectivity index (χ1) is 6.57. The zero-order chi connectivity index (χ0) is 11.0. The van der Waals surface area contributed by atoms with E-state index in [1.165, 1.54) is 6.20 Å². The van der Waals surface area contributed by atoms with Crippen LogP contribution in [0.5, 0.6) is 0 Å². The predicted molar refractivity (Wildman–Crippen MR) is 53.2 cm³/mol. The molecule has 1 aromatic heterocycles. The summed E-state index contributed by atoms with van der Waals surface area (Å²) >= 11 is 0. The van der Waals surface area contributed by atoms with Crippen molar-refractivity contribution in [1.82, 2.24) is 4.98 Å². The molecular weight excluding hydrogens is 178 g/mol. The standard InChI is InChI=1S/C6H6N2O.C4H5N/c7-6(9)5-2-1-3-8-4-5;1-4(2)3-5/h1-4H,(H2,7,9);1H2,2H3. The topological polar surface area (TPSA) is 79.8 Å². The van der Waals surface area contributed by atoms with Crippen LogP contribution in [0.1, 0.15) is 17.3 Å². The van der Waals surface area contributed by atoms with Gasteiger partial charge < -0.3 is 5.73 Å². The molecule has 0 fully saturated rings. The van der Waals surface area contributed by atoms with Crippen molar-refractivity contribution >= 4 is 5.91 Å². The third-order valence-electron chi connectivity index (χ3n) is 1.14. The predicted octanol–water partition coefficient (Wildman–Crippen LogP) is 1.27. The molecule has 0 atom stereocenters. The molecule has 1 aromatic rings. The second kappa shape index (κ2) is 6.38. The minimum absolute atomic E-state index is 0.442. The van der Waals surface area contributed by atoms with Crippen LogP contribution in [-0.4, -0.2) is 10.9 Å². The molecule has 2 N–H and O–H groups in total. The number of primary amides is 1. The highest BCUT2D eigenvalue weighted by atomic mass is 16.1. The summed E-state index contributed by atoms with van der Waals surface area (Å²) in [6, 6.07) is 5.12.